The lowest BCUT2D eigenvalue weighted by molar-refractivity contribution is -0.139. The molecule has 6 heteroatoms. The van der Waals surface area contributed by atoms with Gasteiger partial charge in [-0.05, 0) is 36.8 Å². The molecule has 0 bridgehead atoms. The van der Waals surface area contributed by atoms with Crippen molar-refractivity contribution in [3.8, 4) is 0 Å². The number of carbonyl (C=O) groups excluding carboxylic acids is 1. The summed E-state index contributed by atoms with van der Waals surface area (Å²) < 4.78 is 17.2. The van der Waals surface area contributed by atoms with Crippen LogP contribution in [-0.2, 0) is 9.53 Å². The van der Waals surface area contributed by atoms with Crippen molar-refractivity contribution in [2.24, 2.45) is 0 Å². The SMILES string of the molecule is COC(=O)CNC(=S)N[C@H](C)c1ccc(F)cc1. The molecule has 0 aromatic heterocycles. The molecule has 0 saturated heterocycles. The minimum Gasteiger partial charge on any atom is -0.468 e. The van der Waals surface area contributed by atoms with Crippen LogP contribution >= 0.6 is 12.2 Å². The van der Waals surface area contributed by atoms with Crippen molar-refractivity contribution in [2.75, 3.05) is 13.7 Å². The quantitative estimate of drug-likeness (QED) is 0.642. The summed E-state index contributed by atoms with van der Waals surface area (Å²) in [7, 11) is 1.31. The molecule has 0 heterocycles. The van der Waals surface area contributed by atoms with Gasteiger partial charge in [0.25, 0.3) is 0 Å². The summed E-state index contributed by atoms with van der Waals surface area (Å²) in [6.07, 6.45) is 0. The zero-order valence-corrected chi connectivity index (χ0v) is 11.0. The van der Waals surface area contributed by atoms with Crippen LogP contribution in [0.15, 0.2) is 24.3 Å². The molecule has 0 aliphatic rings. The lowest BCUT2D eigenvalue weighted by atomic mass is 10.1. The van der Waals surface area contributed by atoms with Crippen molar-refractivity contribution in [1.82, 2.24) is 10.6 Å². The average molecular weight is 270 g/mol. The van der Waals surface area contributed by atoms with Crippen molar-refractivity contribution in [3.05, 3.63) is 35.6 Å². The zero-order chi connectivity index (χ0) is 13.5. The summed E-state index contributed by atoms with van der Waals surface area (Å²) >= 11 is 5.02. The molecule has 18 heavy (non-hydrogen) atoms. The average Bonchev–Trinajstić information content (AvgIpc) is 2.36. The van der Waals surface area contributed by atoms with Gasteiger partial charge >= 0.3 is 5.97 Å². The second-order valence-corrected chi connectivity index (χ2v) is 4.08. The summed E-state index contributed by atoms with van der Waals surface area (Å²) in [5.74, 6) is -0.675. The minimum absolute atomic E-state index is 0.0124. The number of carbonyl (C=O) groups is 1. The molecule has 0 saturated carbocycles. The van der Waals surface area contributed by atoms with E-state index in [4.69, 9.17) is 12.2 Å². The predicted octanol–water partition coefficient (Wildman–Crippen LogP) is 1.52. The smallest absolute Gasteiger partial charge is 0.325 e. The highest BCUT2D eigenvalue weighted by Gasteiger charge is 2.08. The molecular weight excluding hydrogens is 255 g/mol. The first-order valence-corrected chi connectivity index (χ1v) is 5.80. The highest BCUT2D eigenvalue weighted by atomic mass is 32.1. The Bertz CT molecular complexity index is 423. The van der Waals surface area contributed by atoms with Gasteiger partial charge in [-0.3, -0.25) is 4.79 Å². The van der Waals surface area contributed by atoms with Crippen LogP contribution in [0.1, 0.15) is 18.5 Å². The third-order valence-corrected chi connectivity index (χ3v) is 2.60. The number of hydrogen-bond donors (Lipinski definition) is 2. The van der Waals surface area contributed by atoms with E-state index in [0.717, 1.165) is 5.56 Å². The monoisotopic (exact) mass is 270 g/mol. The van der Waals surface area contributed by atoms with Gasteiger partial charge < -0.3 is 15.4 Å². The van der Waals surface area contributed by atoms with E-state index in [-0.39, 0.29) is 18.4 Å². The molecule has 4 nitrogen and oxygen atoms in total. The van der Waals surface area contributed by atoms with Gasteiger partial charge in [0.05, 0.1) is 13.2 Å². The third-order valence-electron chi connectivity index (χ3n) is 2.34. The van der Waals surface area contributed by atoms with E-state index in [1.54, 1.807) is 12.1 Å². The van der Waals surface area contributed by atoms with E-state index in [0.29, 0.717) is 5.11 Å². The Morgan fingerprint density at radius 1 is 1.44 bits per heavy atom. The van der Waals surface area contributed by atoms with Gasteiger partial charge in [0.1, 0.15) is 12.4 Å². The Labute approximate surface area is 111 Å². The number of rotatable bonds is 4. The van der Waals surface area contributed by atoms with Gasteiger partial charge in [-0.15, -0.1) is 0 Å². The van der Waals surface area contributed by atoms with Crippen LogP contribution in [0.3, 0.4) is 0 Å². The van der Waals surface area contributed by atoms with E-state index in [1.165, 1.54) is 19.2 Å². The van der Waals surface area contributed by atoms with Crippen LogP contribution in [0.4, 0.5) is 4.39 Å². The van der Waals surface area contributed by atoms with Crippen LogP contribution in [0.25, 0.3) is 0 Å². The van der Waals surface area contributed by atoms with Gasteiger partial charge in [-0.25, -0.2) is 4.39 Å². The predicted molar refractivity (Wildman–Crippen MR) is 70.6 cm³/mol. The van der Waals surface area contributed by atoms with Gasteiger partial charge in [0.2, 0.25) is 0 Å². The van der Waals surface area contributed by atoms with Crippen molar-refractivity contribution < 1.29 is 13.9 Å². The van der Waals surface area contributed by atoms with Crippen LogP contribution < -0.4 is 10.6 Å². The standard InChI is InChI=1S/C12H15FN2O2S/c1-8(9-3-5-10(13)6-4-9)15-12(18)14-7-11(16)17-2/h3-6,8H,7H2,1-2H3,(H2,14,15,18)/t8-/m1/s1. The normalized spacial score (nSPS) is 11.5. The van der Waals surface area contributed by atoms with E-state index in [1.807, 2.05) is 6.92 Å². The topological polar surface area (TPSA) is 50.4 Å². The molecule has 0 spiro atoms. The Kier molecular flexibility index (Phi) is 5.51. The lowest BCUT2D eigenvalue weighted by Crippen LogP contribution is -2.39. The molecular formula is C12H15FN2O2S. The minimum atomic E-state index is -0.395. The maximum atomic E-state index is 12.8. The maximum absolute atomic E-state index is 12.8. The van der Waals surface area contributed by atoms with Gasteiger partial charge in [-0.2, -0.15) is 0 Å². The summed E-state index contributed by atoms with van der Waals surface area (Å²) in [5.41, 5.74) is 0.901. The molecule has 0 aliphatic heterocycles. The summed E-state index contributed by atoms with van der Waals surface area (Å²) in [6.45, 7) is 1.90. The van der Waals surface area contributed by atoms with Crippen LogP contribution in [0.2, 0.25) is 0 Å². The first kappa shape index (κ1) is 14.4. The number of benzene rings is 1. The van der Waals surface area contributed by atoms with Crippen molar-refractivity contribution in [2.45, 2.75) is 13.0 Å². The molecule has 2 N–H and O–H groups in total. The van der Waals surface area contributed by atoms with Crippen molar-refractivity contribution >= 4 is 23.3 Å². The first-order valence-electron chi connectivity index (χ1n) is 5.39. The molecule has 1 rings (SSSR count). The van der Waals surface area contributed by atoms with Crippen LogP contribution in [-0.4, -0.2) is 24.7 Å². The molecule has 0 unspecified atom stereocenters. The summed E-state index contributed by atoms with van der Waals surface area (Å²) in [6, 6.07) is 6.05. The number of ether oxygens (including phenoxy) is 1. The number of halogens is 1. The number of hydrogen-bond acceptors (Lipinski definition) is 3. The van der Waals surface area contributed by atoms with E-state index in [9.17, 15) is 9.18 Å². The molecule has 0 amide bonds. The molecule has 0 fully saturated rings. The lowest BCUT2D eigenvalue weighted by Gasteiger charge is -2.16. The Morgan fingerprint density at radius 2 is 2.06 bits per heavy atom. The molecule has 0 radical (unpaired) electrons. The maximum Gasteiger partial charge on any atom is 0.325 e. The highest BCUT2D eigenvalue weighted by molar-refractivity contribution is 7.80. The fourth-order valence-electron chi connectivity index (χ4n) is 1.31. The third kappa shape index (κ3) is 4.67. The second kappa shape index (κ2) is 6.90. The number of nitrogens with one attached hydrogen (secondary N) is 2. The van der Waals surface area contributed by atoms with Crippen molar-refractivity contribution in [1.29, 1.82) is 0 Å². The van der Waals surface area contributed by atoms with E-state index in [2.05, 4.69) is 15.4 Å². The Balaban J connectivity index is 2.44. The molecule has 98 valence electrons. The highest BCUT2D eigenvalue weighted by Crippen LogP contribution is 2.12. The van der Waals surface area contributed by atoms with Gasteiger partial charge in [0, 0.05) is 0 Å². The Hall–Kier alpha value is -1.69. The Morgan fingerprint density at radius 3 is 2.61 bits per heavy atom. The molecule has 1 atom stereocenters. The van der Waals surface area contributed by atoms with Gasteiger partial charge in [-0.1, -0.05) is 12.1 Å². The molecule has 0 aliphatic carbocycles. The molecule has 1 aromatic carbocycles. The summed E-state index contributed by atoms with van der Waals surface area (Å²) in [4.78, 5) is 10.9. The van der Waals surface area contributed by atoms with Gasteiger partial charge in [0.15, 0.2) is 5.11 Å². The largest absolute Gasteiger partial charge is 0.468 e. The van der Waals surface area contributed by atoms with E-state index >= 15 is 0 Å². The number of esters is 1. The molecule has 1 aromatic rings. The first-order chi connectivity index (χ1) is 8.52. The number of thiocarbonyl (C=S) groups is 1. The van der Waals surface area contributed by atoms with E-state index < -0.39 is 5.97 Å². The van der Waals surface area contributed by atoms with Crippen LogP contribution in [0.5, 0.6) is 0 Å². The van der Waals surface area contributed by atoms with Crippen LogP contribution in [0, 0.1) is 5.82 Å². The summed E-state index contributed by atoms with van der Waals surface area (Å²) in [5, 5.41) is 6.05. The number of methoxy groups -OCH3 is 1. The fourth-order valence-corrected chi connectivity index (χ4v) is 1.56. The second-order valence-electron chi connectivity index (χ2n) is 3.68. The zero-order valence-electron chi connectivity index (χ0n) is 10.2. The fraction of sp³-hybridized carbons (Fsp3) is 0.333. The van der Waals surface area contributed by atoms with Crippen molar-refractivity contribution in [3.63, 3.8) is 0 Å².